The fraction of sp³-hybridized carbons (Fsp3) is 0.720. The molecule has 1 aromatic carbocycles. The van der Waals surface area contributed by atoms with Gasteiger partial charge in [0.25, 0.3) is 5.91 Å². The van der Waals surface area contributed by atoms with Gasteiger partial charge in [-0.05, 0) is 31.2 Å². The number of esters is 1. The van der Waals surface area contributed by atoms with Crippen molar-refractivity contribution in [2.75, 3.05) is 33.5 Å². The van der Waals surface area contributed by atoms with Crippen molar-refractivity contribution in [2.24, 2.45) is 0 Å². The third-order valence-corrected chi connectivity index (χ3v) is 14.3. The number of rotatable bonds is 26. The molecule has 4 heterocycles. The van der Waals surface area contributed by atoms with E-state index < -0.39 is 238 Å². The molecule has 5 rings (SSSR count). The molecule has 0 radical (unpaired) electrons. The van der Waals surface area contributed by atoms with Crippen molar-refractivity contribution in [3.63, 3.8) is 0 Å². The van der Waals surface area contributed by atoms with E-state index in [9.17, 15) is 109 Å². The van der Waals surface area contributed by atoms with Gasteiger partial charge in [0.15, 0.2) is 18.6 Å². The molecule has 486 valence electrons. The Kier molecular flexibility index (Phi) is 30.4. The minimum atomic E-state index is -3.46. The van der Waals surface area contributed by atoms with Crippen LogP contribution in [0.25, 0.3) is 0 Å². The molecule has 35 nitrogen and oxygen atoms in total. The average molecular weight is 1290 g/mol. The van der Waals surface area contributed by atoms with Crippen molar-refractivity contribution < 1.29 is 211 Å². The Morgan fingerprint density at radius 2 is 1.17 bits per heavy atom. The van der Waals surface area contributed by atoms with E-state index in [1.807, 2.05) is 0 Å². The molecule has 88 heavy (non-hydrogen) atoms. The van der Waals surface area contributed by atoms with Crippen LogP contribution in [-0.2, 0) is 76.2 Å². The third-order valence-electron chi connectivity index (χ3n) is 14.3. The van der Waals surface area contributed by atoms with E-state index in [4.69, 9.17) is 42.6 Å². The van der Waals surface area contributed by atoms with Gasteiger partial charge in [0.05, 0.1) is 63.4 Å². The summed E-state index contributed by atoms with van der Waals surface area (Å²) in [4.78, 5) is 102. The number of amides is 5. The Hall–Kier alpha value is -3.85. The summed E-state index contributed by atoms with van der Waals surface area (Å²) in [6, 6.07) is -3.09. The quantitative estimate of drug-likeness (QED) is 0.0302. The molecule has 24 atom stereocenters. The number of carbonyl (C=O) groups is 8. The van der Waals surface area contributed by atoms with Gasteiger partial charge < -0.3 is 145 Å². The minimum absolute atomic E-state index is 0. The Morgan fingerprint density at radius 1 is 0.682 bits per heavy atom. The molecule has 4 aliphatic heterocycles. The molecule has 4 fully saturated rings. The van der Waals surface area contributed by atoms with E-state index >= 15 is 0 Å². The topological polar surface area (TPSA) is 548 Å². The van der Waals surface area contributed by atoms with Crippen LogP contribution in [0, 0.1) is 5.82 Å². The zero-order valence-corrected chi connectivity index (χ0v) is 52.8. The Bertz CT molecular complexity index is 2540. The molecule has 5 amide bonds. The minimum Gasteiger partial charge on any atom is -0.544 e. The van der Waals surface area contributed by atoms with Gasteiger partial charge in [-0.25, -0.2) is 9.18 Å². The molecular formula is C50H72FN5Na2O30. The van der Waals surface area contributed by atoms with Crippen LogP contribution in [0.1, 0.15) is 57.8 Å². The van der Waals surface area contributed by atoms with E-state index in [0.717, 1.165) is 59.1 Å². The van der Waals surface area contributed by atoms with Gasteiger partial charge in [0.1, 0.15) is 97.0 Å². The summed E-state index contributed by atoms with van der Waals surface area (Å²) < 4.78 is 64.9. The standard InChI is InChI=1S/C50H74FN5O30.2Na/c1-17(30(44(73)78-6)53-18(2)59)80-45-33(56-21(5)62)39(37(70)29(82-45)16-79-49(47(74)75)11-24(63)31(54-19(3)60)41(84-49)35(68)27(66)14-57)83-46-38(71)42(36(69)28(15-58)81-46)86-50(48(76)77)12-25(64)32(55-20(4)61)40(85-50)34(67)26(65)13-52-43(72)22-7-9-23(51)10-8-22;;/h7-10,17,24-42,45-46,57-58,63-71H,11-16H2,1-6H3,(H,52,72)(H,53,59)(H,54,60)(H,55,61)(H,56,62)(H,74,75)(H,76,77);;/q;2*+1/p-2/t17-,24+,25+,26-,27-,28-,29-,30+,31-,32-,33-,34-,35-,36+,37+,38-,39-,40-,41-,42+,45+,46+,49-,50+;;/m1../s1. The summed E-state index contributed by atoms with van der Waals surface area (Å²) in [6.45, 7) is 0.485. The molecule has 0 unspecified atom stereocenters. The summed E-state index contributed by atoms with van der Waals surface area (Å²) in [7, 11) is 0.941. The predicted octanol–water partition coefficient (Wildman–Crippen LogP) is -17.9. The maximum Gasteiger partial charge on any atom is 1.00 e. The second-order valence-electron chi connectivity index (χ2n) is 20.8. The summed E-state index contributed by atoms with van der Waals surface area (Å²) in [5.41, 5.74) is -0.108. The predicted molar refractivity (Wildman–Crippen MR) is 267 cm³/mol. The SMILES string of the molecule is COC(=O)[C@@H](NC(C)=O)[C@@H](C)O[C@H]1O[C@H](CO[C@]2(C(=O)[O-])C[C@H](O)[C@@H](NC(C)=O)[C@H]([C@H](O)[C@H](O)CO)O2)[C@H](O)[C@H](O[C@@H]2O[C@H](CO)[C@H](O)[C@H](O[C@]3(C(=O)[O-])C[C@H](O)[C@@H](NC(C)=O)[C@H]([C@H](O)[C@H](O)CNC(=O)c4ccc(F)cc4)O3)[C@H]2O)[C@H]1NC(C)=O.[Na+].[Na+]. The number of carbonyl (C=O) groups excluding carboxylic acids is 8. The van der Waals surface area contributed by atoms with Crippen LogP contribution in [0.15, 0.2) is 24.3 Å². The number of methoxy groups -OCH3 is 1. The second-order valence-corrected chi connectivity index (χ2v) is 20.8. The van der Waals surface area contributed by atoms with Gasteiger partial charge in [-0.3, -0.25) is 24.0 Å². The zero-order valence-electron chi connectivity index (χ0n) is 48.8. The van der Waals surface area contributed by atoms with Gasteiger partial charge in [-0.2, -0.15) is 0 Å². The van der Waals surface area contributed by atoms with E-state index in [1.54, 1.807) is 0 Å². The van der Waals surface area contributed by atoms with Crippen molar-refractivity contribution >= 4 is 47.4 Å². The molecule has 16 N–H and O–H groups in total. The molecule has 4 aliphatic rings. The summed E-state index contributed by atoms with van der Waals surface area (Å²) in [5, 5.41) is 160. The van der Waals surface area contributed by atoms with Crippen LogP contribution in [-0.4, -0.2) is 283 Å². The molecule has 0 aromatic heterocycles. The van der Waals surface area contributed by atoms with Crippen molar-refractivity contribution in [1.82, 2.24) is 26.6 Å². The van der Waals surface area contributed by atoms with E-state index in [-0.39, 0.29) is 64.7 Å². The molecule has 4 saturated heterocycles. The van der Waals surface area contributed by atoms with Crippen molar-refractivity contribution in [1.29, 1.82) is 0 Å². The van der Waals surface area contributed by atoms with Crippen molar-refractivity contribution in [3.8, 4) is 0 Å². The largest absolute Gasteiger partial charge is 1.00 e. The first-order valence-electron chi connectivity index (χ1n) is 26.5. The molecule has 38 heteroatoms. The monoisotopic (exact) mass is 1290 g/mol. The van der Waals surface area contributed by atoms with E-state index in [2.05, 4.69) is 26.6 Å². The number of carboxylic acid groups (broad SMARTS) is 2. The fourth-order valence-corrected chi connectivity index (χ4v) is 10.0. The number of hydrogen-bond donors (Lipinski definition) is 16. The number of aliphatic hydroxyl groups is 11. The fourth-order valence-electron chi connectivity index (χ4n) is 10.0. The number of halogens is 1. The number of nitrogens with one attached hydrogen (secondary N) is 5. The number of aliphatic hydroxyl groups excluding tert-OH is 11. The van der Waals surface area contributed by atoms with Gasteiger partial charge in [-0.1, -0.05) is 0 Å². The normalized spacial score (nSPS) is 34.2. The van der Waals surface area contributed by atoms with E-state index in [0.29, 0.717) is 0 Å². The summed E-state index contributed by atoms with van der Waals surface area (Å²) >= 11 is 0. The maximum atomic E-state index is 13.5. The van der Waals surface area contributed by atoms with Gasteiger partial charge in [0, 0.05) is 52.6 Å². The van der Waals surface area contributed by atoms with Crippen LogP contribution in [0.5, 0.6) is 0 Å². The molecule has 1 aromatic rings. The van der Waals surface area contributed by atoms with Crippen LogP contribution >= 0.6 is 0 Å². The first kappa shape index (κ1) is 78.4. The number of hydrogen-bond acceptors (Lipinski definition) is 30. The maximum absolute atomic E-state index is 13.5. The van der Waals surface area contributed by atoms with E-state index in [1.165, 1.54) is 6.92 Å². The van der Waals surface area contributed by atoms with Crippen LogP contribution in [0.2, 0.25) is 0 Å². The number of carboxylic acids is 2. The first-order valence-corrected chi connectivity index (χ1v) is 26.5. The summed E-state index contributed by atoms with van der Waals surface area (Å²) in [6.07, 6.45) is -42.2. The van der Waals surface area contributed by atoms with Crippen molar-refractivity contribution in [3.05, 3.63) is 35.6 Å². The number of ether oxygens (including phenoxy) is 9. The van der Waals surface area contributed by atoms with Gasteiger partial charge >= 0.3 is 65.1 Å². The molecule has 0 spiro atoms. The van der Waals surface area contributed by atoms with Gasteiger partial charge in [0.2, 0.25) is 35.2 Å². The molecule has 0 bridgehead atoms. The zero-order chi connectivity index (χ0) is 64.4. The first-order chi connectivity index (χ1) is 40.2. The molecular weight excluding hydrogens is 1220 g/mol. The van der Waals surface area contributed by atoms with Crippen LogP contribution in [0.4, 0.5) is 4.39 Å². The van der Waals surface area contributed by atoms with Crippen molar-refractivity contribution in [2.45, 2.75) is 193 Å². The molecule has 0 saturated carbocycles. The second kappa shape index (κ2) is 34.2. The number of benzene rings is 1. The Balaban J connectivity index is 0.0000101. The number of aliphatic carboxylic acids is 2. The Labute approximate surface area is 544 Å². The Morgan fingerprint density at radius 3 is 1.66 bits per heavy atom. The smallest absolute Gasteiger partial charge is 0.544 e. The van der Waals surface area contributed by atoms with Crippen LogP contribution in [0.3, 0.4) is 0 Å². The summed E-state index contributed by atoms with van der Waals surface area (Å²) in [5.74, 6) is -17.6. The third kappa shape index (κ3) is 19.1. The molecule has 0 aliphatic carbocycles. The van der Waals surface area contributed by atoms with Crippen LogP contribution < -0.4 is 95.9 Å². The van der Waals surface area contributed by atoms with Gasteiger partial charge in [-0.15, -0.1) is 0 Å². The average Bonchev–Trinajstić information content (AvgIpc) is 3.64.